The molecule has 1 aliphatic heterocycles. The van der Waals surface area contributed by atoms with Crippen molar-refractivity contribution in [3.8, 4) is 17.3 Å². The van der Waals surface area contributed by atoms with Gasteiger partial charge in [0.2, 0.25) is 5.95 Å². The summed E-state index contributed by atoms with van der Waals surface area (Å²) in [7, 11) is 1.80. The zero-order valence-corrected chi connectivity index (χ0v) is 20.0. The van der Waals surface area contributed by atoms with Crippen LogP contribution < -0.4 is 10.6 Å². The maximum atomic E-state index is 15.1. The minimum absolute atomic E-state index is 0.0681. The van der Waals surface area contributed by atoms with Crippen LogP contribution in [0.4, 0.5) is 21.0 Å². The van der Waals surface area contributed by atoms with Crippen molar-refractivity contribution in [1.29, 1.82) is 5.26 Å². The van der Waals surface area contributed by atoms with Gasteiger partial charge in [0.25, 0.3) is 0 Å². The number of aryl methyl sites for hydroxylation is 1. The smallest absolute Gasteiger partial charge is 0.408 e. The van der Waals surface area contributed by atoms with Gasteiger partial charge in [-0.2, -0.15) is 15.5 Å². The molecule has 2 aliphatic rings. The predicted molar refractivity (Wildman–Crippen MR) is 126 cm³/mol. The molecule has 2 fully saturated rings. The van der Waals surface area contributed by atoms with Crippen molar-refractivity contribution >= 4 is 23.5 Å². The molecule has 4 aromatic heterocycles. The van der Waals surface area contributed by atoms with Crippen molar-refractivity contribution in [3.63, 3.8) is 0 Å². The zero-order valence-electron chi connectivity index (χ0n) is 20.0. The Morgan fingerprint density at radius 2 is 2.27 bits per heavy atom. The molecule has 1 saturated heterocycles. The normalized spacial score (nSPS) is 22.1. The summed E-state index contributed by atoms with van der Waals surface area (Å²) in [4.78, 5) is 21.0. The van der Waals surface area contributed by atoms with E-state index in [2.05, 4.69) is 35.9 Å². The number of carbonyl (C=O) groups is 1. The summed E-state index contributed by atoms with van der Waals surface area (Å²) in [5.74, 6) is 0.701. The number of alkyl halides is 1. The van der Waals surface area contributed by atoms with Gasteiger partial charge in [0.1, 0.15) is 12.2 Å². The number of rotatable bonds is 6. The highest BCUT2D eigenvalue weighted by atomic mass is 19.1. The first-order chi connectivity index (χ1) is 17.8. The highest BCUT2D eigenvalue weighted by molar-refractivity contribution is 5.77. The Labute approximate surface area is 209 Å². The highest BCUT2D eigenvalue weighted by Crippen LogP contribution is 2.36. The average Bonchev–Trinajstić information content (AvgIpc) is 3.35. The van der Waals surface area contributed by atoms with E-state index >= 15 is 4.39 Å². The molecule has 0 unspecified atom stereocenters. The van der Waals surface area contributed by atoms with Crippen LogP contribution in [0.5, 0.6) is 0 Å². The average molecular weight is 507 g/mol. The molecule has 1 saturated carbocycles. The van der Waals surface area contributed by atoms with Crippen molar-refractivity contribution < 1.29 is 18.7 Å². The van der Waals surface area contributed by atoms with Crippen molar-refractivity contribution in [3.05, 3.63) is 42.1 Å². The van der Waals surface area contributed by atoms with Crippen molar-refractivity contribution in [1.82, 2.24) is 39.7 Å². The van der Waals surface area contributed by atoms with E-state index in [0.717, 1.165) is 18.5 Å². The summed E-state index contributed by atoms with van der Waals surface area (Å²) in [5.41, 5.74) is 2.32. The summed E-state index contributed by atoms with van der Waals surface area (Å²) in [5, 5.41) is 26.4. The number of aromatic amines is 1. The Morgan fingerprint density at radius 3 is 3.00 bits per heavy atom. The number of halogens is 1. The summed E-state index contributed by atoms with van der Waals surface area (Å²) in [6, 6.07) is 5.46. The molecule has 1 aliphatic carbocycles. The van der Waals surface area contributed by atoms with E-state index in [9.17, 15) is 10.1 Å². The summed E-state index contributed by atoms with van der Waals surface area (Å²) in [6.07, 6.45) is 2.38. The number of nitrogens with zero attached hydrogens (tertiary/aromatic N) is 7. The summed E-state index contributed by atoms with van der Waals surface area (Å²) < 4.78 is 29.2. The van der Waals surface area contributed by atoms with E-state index in [4.69, 9.17) is 9.47 Å². The molecule has 4 aromatic rings. The lowest BCUT2D eigenvalue weighted by Gasteiger charge is -2.17. The molecule has 190 valence electrons. The number of ether oxygens (including phenoxy) is 2. The number of hydrogen-bond acceptors (Lipinski definition) is 9. The number of fused-ring (bicyclic) bond motifs is 1. The fraction of sp³-hybridized carbons (Fsp3) is 0.391. The number of hydrogen-bond donors (Lipinski definition) is 3. The third-order valence-corrected chi connectivity index (χ3v) is 6.59. The fourth-order valence-corrected chi connectivity index (χ4v) is 4.27. The molecule has 0 aromatic carbocycles. The lowest BCUT2D eigenvalue weighted by atomic mass is 10.1. The summed E-state index contributed by atoms with van der Waals surface area (Å²) >= 11 is 0. The third kappa shape index (κ3) is 4.23. The number of nitriles is 1. The van der Waals surface area contributed by atoms with Gasteiger partial charge < -0.3 is 20.1 Å². The Bertz CT molecular complexity index is 1530. The van der Waals surface area contributed by atoms with Crippen LogP contribution in [0.15, 0.2) is 30.7 Å². The first-order valence-corrected chi connectivity index (χ1v) is 11.7. The van der Waals surface area contributed by atoms with Gasteiger partial charge in [0.05, 0.1) is 29.8 Å². The van der Waals surface area contributed by atoms with Crippen LogP contribution in [0.3, 0.4) is 0 Å². The zero-order chi connectivity index (χ0) is 25.7. The van der Waals surface area contributed by atoms with Crippen LogP contribution in [0.1, 0.15) is 37.3 Å². The molecule has 13 nitrogen and oxygen atoms in total. The van der Waals surface area contributed by atoms with Crippen molar-refractivity contribution in [2.75, 3.05) is 11.9 Å². The molecule has 3 N–H and O–H groups in total. The Balaban J connectivity index is 1.20. The van der Waals surface area contributed by atoms with Gasteiger partial charge in [0, 0.05) is 31.0 Å². The van der Waals surface area contributed by atoms with E-state index < -0.39 is 24.5 Å². The van der Waals surface area contributed by atoms with Crippen LogP contribution in [-0.2, 0) is 16.5 Å². The van der Waals surface area contributed by atoms with Gasteiger partial charge in [-0.3, -0.25) is 14.2 Å². The fourth-order valence-electron chi connectivity index (χ4n) is 4.27. The summed E-state index contributed by atoms with van der Waals surface area (Å²) in [6.45, 7) is 1.84. The van der Waals surface area contributed by atoms with E-state index in [0.29, 0.717) is 28.7 Å². The van der Waals surface area contributed by atoms with Crippen LogP contribution in [0.25, 0.3) is 16.9 Å². The number of amides is 1. The van der Waals surface area contributed by atoms with Crippen LogP contribution in [0.2, 0.25) is 0 Å². The van der Waals surface area contributed by atoms with E-state index in [1.54, 1.807) is 40.8 Å². The molecule has 0 radical (unpaired) electrons. The predicted octanol–water partition coefficient (Wildman–Crippen LogP) is 2.52. The van der Waals surface area contributed by atoms with Crippen molar-refractivity contribution in [2.45, 2.75) is 43.7 Å². The third-order valence-electron chi connectivity index (χ3n) is 6.59. The van der Waals surface area contributed by atoms with Crippen LogP contribution >= 0.6 is 0 Å². The minimum Gasteiger partial charge on any atom is -0.441 e. The molecule has 1 amide bonds. The van der Waals surface area contributed by atoms with Gasteiger partial charge in [-0.1, -0.05) is 0 Å². The maximum Gasteiger partial charge on any atom is 0.408 e. The number of alkyl carbamates (subject to hydrolysis) is 1. The molecule has 0 bridgehead atoms. The van der Waals surface area contributed by atoms with E-state index in [1.807, 2.05) is 19.1 Å². The lowest BCUT2D eigenvalue weighted by Crippen LogP contribution is -2.39. The van der Waals surface area contributed by atoms with Gasteiger partial charge in [-0.05, 0) is 25.8 Å². The second-order valence-corrected chi connectivity index (χ2v) is 9.43. The highest BCUT2D eigenvalue weighted by Gasteiger charge is 2.44. The molecular formula is C23H23FN10O3. The second-order valence-electron chi connectivity index (χ2n) is 9.43. The Hall–Kier alpha value is -4.51. The molecule has 14 heteroatoms. The quantitative estimate of drug-likeness (QED) is 0.357. The minimum atomic E-state index is -1.57. The standard InChI is InChI=1S/C23H23FN10O3/c1-23(4-5-23)30-22(35)37-16-11-36-19(18(16)24)14-7-17(32-31-14)29-21-26-9-13(15-3-6-27-33(15)2)20-28-12(8-25)10-34(20)21/h3,6-7,9-10,16,18-19H,4-5,11H2,1-2H3,(H,30,35)(H2,26,29,31,32)/t16-,18+,19-/m1/s1. The monoisotopic (exact) mass is 506 g/mol. The number of nitrogens with one attached hydrogen (secondary N) is 3. The van der Waals surface area contributed by atoms with Crippen LogP contribution in [-0.4, -0.2) is 64.9 Å². The topological polar surface area (TPSA) is 160 Å². The number of carbonyl (C=O) groups excluding carboxylic acids is 1. The Kier molecular flexibility index (Phi) is 5.30. The van der Waals surface area contributed by atoms with E-state index in [-0.39, 0.29) is 17.8 Å². The number of imidazole rings is 1. The van der Waals surface area contributed by atoms with Gasteiger partial charge in [0.15, 0.2) is 29.4 Å². The number of aromatic nitrogens is 7. The molecule has 5 heterocycles. The van der Waals surface area contributed by atoms with Crippen LogP contribution in [0, 0.1) is 11.3 Å². The number of anilines is 2. The SMILES string of the molecule is Cn1nccc1-c1cnc(Nc2cc([C@H]3OC[C@@H](OC(=O)NC4(C)CC4)[C@@H]3F)[nH]n2)n2cc(C#N)nc12. The van der Waals surface area contributed by atoms with Gasteiger partial charge >= 0.3 is 6.09 Å². The second kappa shape index (κ2) is 8.56. The molecule has 37 heavy (non-hydrogen) atoms. The molecular weight excluding hydrogens is 483 g/mol. The van der Waals surface area contributed by atoms with Gasteiger partial charge in [-0.15, -0.1) is 0 Å². The number of H-pyrrole nitrogens is 1. The Morgan fingerprint density at radius 1 is 1.43 bits per heavy atom. The first-order valence-electron chi connectivity index (χ1n) is 11.7. The first kappa shape index (κ1) is 22.9. The molecule has 3 atom stereocenters. The van der Waals surface area contributed by atoms with Gasteiger partial charge in [-0.25, -0.2) is 19.2 Å². The lowest BCUT2D eigenvalue weighted by molar-refractivity contribution is 0.0604. The van der Waals surface area contributed by atoms with E-state index in [1.165, 1.54) is 0 Å². The molecule has 0 spiro atoms. The largest absolute Gasteiger partial charge is 0.441 e. The maximum absolute atomic E-state index is 15.1. The molecule has 6 rings (SSSR count). The van der Waals surface area contributed by atoms with Crippen molar-refractivity contribution in [2.24, 2.45) is 7.05 Å².